The van der Waals surface area contributed by atoms with E-state index < -0.39 is 11.8 Å². The van der Waals surface area contributed by atoms with Crippen molar-refractivity contribution < 1.29 is 14.4 Å². The van der Waals surface area contributed by atoms with Gasteiger partial charge in [0.2, 0.25) is 17.7 Å². The van der Waals surface area contributed by atoms with E-state index >= 15 is 0 Å². The molecule has 1 unspecified atom stereocenters. The van der Waals surface area contributed by atoms with Gasteiger partial charge in [-0.3, -0.25) is 14.4 Å². The van der Waals surface area contributed by atoms with Crippen LogP contribution in [0.3, 0.4) is 0 Å². The number of halogens is 3. The molecule has 3 amide bonds. The van der Waals surface area contributed by atoms with Crippen LogP contribution in [0.5, 0.6) is 0 Å². The molecular formula is C20H18BrCl2N3O3. The molecule has 6 nitrogen and oxygen atoms in total. The Morgan fingerprint density at radius 3 is 2.52 bits per heavy atom. The molecular weight excluding hydrogens is 481 g/mol. The molecule has 1 heterocycles. The highest BCUT2D eigenvalue weighted by molar-refractivity contribution is 9.10. The Labute approximate surface area is 186 Å². The van der Waals surface area contributed by atoms with E-state index in [1.165, 1.54) is 11.9 Å². The normalized spacial score (nSPS) is 16.1. The molecule has 3 rings (SSSR count). The van der Waals surface area contributed by atoms with Crippen LogP contribution in [0, 0.1) is 5.92 Å². The third-order valence-corrected chi connectivity index (χ3v) is 5.70. The number of nitrogens with zero attached hydrogens (tertiary/aromatic N) is 2. The third kappa shape index (κ3) is 5.10. The average molecular weight is 499 g/mol. The van der Waals surface area contributed by atoms with Crippen molar-refractivity contribution in [1.29, 1.82) is 0 Å². The summed E-state index contributed by atoms with van der Waals surface area (Å²) in [4.78, 5) is 40.4. The van der Waals surface area contributed by atoms with Gasteiger partial charge in [-0.05, 0) is 30.3 Å². The first-order valence-corrected chi connectivity index (χ1v) is 10.4. The predicted octanol–water partition coefficient (Wildman–Crippen LogP) is 4.21. The van der Waals surface area contributed by atoms with E-state index in [0.29, 0.717) is 15.7 Å². The van der Waals surface area contributed by atoms with Gasteiger partial charge >= 0.3 is 0 Å². The quantitative estimate of drug-likeness (QED) is 0.671. The molecule has 1 N–H and O–H groups in total. The zero-order chi connectivity index (χ0) is 21.1. The number of benzene rings is 2. The van der Waals surface area contributed by atoms with Crippen LogP contribution in [-0.2, 0) is 14.4 Å². The van der Waals surface area contributed by atoms with E-state index in [9.17, 15) is 14.4 Å². The first-order chi connectivity index (χ1) is 13.8. The zero-order valence-corrected chi connectivity index (χ0v) is 18.6. The van der Waals surface area contributed by atoms with Gasteiger partial charge in [0.25, 0.3) is 0 Å². The largest absolute Gasteiger partial charge is 0.336 e. The van der Waals surface area contributed by atoms with Gasteiger partial charge in [-0.25, -0.2) is 0 Å². The fourth-order valence-corrected chi connectivity index (χ4v) is 4.05. The number of hydrogen-bond acceptors (Lipinski definition) is 3. The summed E-state index contributed by atoms with van der Waals surface area (Å²) in [7, 11) is 1.53. The Morgan fingerprint density at radius 2 is 1.86 bits per heavy atom. The standard InChI is InChI=1S/C20H18BrCl2N3O3/c1-25(11-17(27)24-19-15(22)6-3-7-16(19)23)20(29)12-8-18(28)26(10-12)14-5-2-4-13(21)9-14/h2-7,9,12H,8,10-11H2,1H3,(H,24,27). The molecule has 1 atom stereocenters. The lowest BCUT2D eigenvalue weighted by molar-refractivity contribution is -0.137. The van der Waals surface area contributed by atoms with E-state index in [4.69, 9.17) is 23.2 Å². The maximum absolute atomic E-state index is 12.8. The number of amides is 3. The molecule has 0 saturated carbocycles. The summed E-state index contributed by atoms with van der Waals surface area (Å²) in [6, 6.07) is 12.2. The number of hydrogen-bond donors (Lipinski definition) is 1. The second kappa shape index (κ2) is 9.15. The molecule has 0 bridgehead atoms. The summed E-state index contributed by atoms with van der Waals surface area (Å²) >= 11 is 15.5. The first-order valence-electron chi connectivity index (χ1n) is 8.81. The van der Waals surface area contributed by atoms with E-state index in [1.54, 1.807) is 23.1 Å². The molecule has 9 heteroatoms. The van der Waals surface area contributed by atoms with Crippen molar-refractivity contribution in [3.63, 3.8) is 0 Å². The van der Waals surface area contributed by atoms with Gasteiger partial charge in [-0.15, -0.1) is 0 Å². The van der Waals surface area contributed by atoms with Crippen molar-refractivity contribution in [2.45, 2.75) is 6.42 Å². The van der Waals surface area contributed by atoms with E-state index in [2.05, 4.69) is 21.2 Å². The highest BCUT2D eigenvalue weighted by atomic mass is 79.9. The van der Waals surface area contributed by atoms with Gasteiger partial charge in [0, 0.05) is 30.2 Å². The van der Waals surface area contributed by atoms with E-state index in [0.717, 1.165) is 10.2 Å². The number of rotatable bonds is 5. The third-order valence-electron chi connectivity index (χ3n) is 4.58. The SMILES string of the molecule is CN(CC(=O)Nc1c(Cl)cccc1Cl)C(=O)C1CC(=O)N(c2cccc(Br)c2)C1. The summed E-state index contributed by atoms with van der Waals surface area (Å²) < 4.78 is 0.851. The Morgan fingerprint density at radius 1 is 1.21 bits per heavy atom. The molecule has 0 aliphatic carbocycles. The van der Waals surface area contributed by atoms with Crippen molar-refractivity contribution >= 4 is 68.2 Å². The predicted molar refractivity (Wildman–Crippen MR) is 117 cm³/mol. The topological polar surface area (TPSA) is 69.7 Å². The number of nitrogens with one attached hydrogen (secondary N) is 1. The fraction of sp³-hybridized carbons (Fsp3) is 0.250. The average Bonchev–Trinajstić information content (AvgIpc) is 3.06. The van der Waals surface area contributed by atoms with Crippen molar-refractivity contribution in [3.05, 3.63) is 57.0 Å². The van der Waals surface area contributed by atoms with Crippen LogP contribution in [0.1, 0.15) is 6.42 Å². The monoisotopic (exact) mass is 497 g/mol. The molecule has 0 spiro atoms. The van der Waals surface area contributed by atoms with Crippen molar-refractivity contribution in [3.8, 4) is 0 Å². The molecule has 1 fully saturated rings. The number of para-hydroxylation sites is 1. The molecule has 1 aliphatic heterocycles. The first kappa shape index (κ1) is 21.6. The number of likely N-dealkylation sites (N-methyl/N-ethyl adjacent to an activating group) is 1. The lowest BCUT2D eigenvalue weighted by atomic mass is 10.1. The van der Waals surface area contributed by atoms with Crippen LogP contribution in [0.25, 0.3) is 0 Å². The van der Waals surface area contributed by atoms with Crippen LogP contribution in [-0.4, -0.2) is 42.8 Å². The lowest BCUT2D eigenvalue weighted by Crippen LogP contribution is -2.39. The second-order valence-corrected chi connectivity index (χ2v) is 8.45. The van der Waals surface area contributed by atoms with Crippen molar-refractivity contribution in [2.75, 3.05) is 30.4 Å². The minimum atomic E-state index is -0.511. The van der Waals surface area contributed by atoms with Crippen LogP contribution >= 0.6 is 39.1 Å². The Hall–Kier alpha value is -2.09. The summed E-state index contributed by atoms with van der Waals surface area (Å²) in [5, 5.41) is 3.25. The van der Waals surface area contributed by atoms with Crippen LogP contribution in [0.15, 0.2) is 46.9 Å². The van der Waals surface area contributed by atoms with E-state index in [-0.39, 0.29) is 31.3 Å². The molecule has 152 valence electrons. The number of anilines is 2. The Kier molecular flexibility index (Phi) is 6.82. The second-order valence-electron chi connectivity index (χ2n) is 6.72. The molecule has 1 aliphatic rings. The number of carbonyl (C=O) groups is 3. The summed E-state index contributed by atoms with van der Waals surface area (Å²) in [6.07, 6.45) is 0.105. The lowest BCUT2D eigenvalue weighted by Gasteiger charge is -2.21. The molecule has 2 aromatic carbocycles. The Bertz CT molecular complexity index is 949. The smallest absolute Gasteiger partial charge is 0.244 e. The number of carbonyl (C=O) groups excluding carboxylic acids is 3. The highest BCUT2D eigenvalue weighted by Gasteiger charge is 2.36. The van der Waals surface area contributed by atoms with Crippen LogP contribution in [0.4, 0.5) is 11.4 Å². The fourth-order valence-electron chi connectivity index (χ4n) is 3.17. The minimum absolute atomic E-state index is 0.105. The van der Waals surface area contributed by atoms with Gasteiger partial charge in [-0.1, -0.05) is 51.3 Å². The molecule has 1 saturated heterocycles. The van der Waals surface area contributed by atoms with Gasteiger partial charge in [0.05, 0.1) is 28.2 Å². The van der Waals surface area contributed by atoms with Gasteiger partial charge < -0.3 is 15.1 Å². The van der Waals surface area contributed by atoms with Crippen molar-refractivity contribution in [2.24, 2.45) is 5.92 Å². The van der Waals surface area contributed by atoms with Gasteiger partial charge in [-0.2, -0.15) is 0 Å². The molecule has 29 heavy (non-hydrogen) atoms. The van der Waals surface area contributed by atoms with Crippen LogP contribution < -0.4 is 10.2 Å². The minimum Gasteiger partial charge on any atom is -0.336 e. The van der Waals surface area contributed by atoms with Gasteiger partial charge in [0.15, 0.2) is 0 Å². The maximum atomic E-state index is 12.8. The summed E-state index contributed by atoms with van der Waals surface area (Å²) in [5.41, 5.74) is 1.03. The maximum Gasteiger partial charge on any atom is 0.244 e. The highest BCUT2D eigenvalue weighted by Crippen LogP contribution is 2.30. The summed E-state index contributed by atoms with van der Waals surface area (Å²) in [5.74, 6) is -1.33. The van der Waals surface area contributed by atoms with Crippen LogP contribution in [0.2, 0.25) is 10.0 Å². The Balaban J connectivity index is 1.61. The van der Waals surface area contributed by atoms with E-state index in [1.807, 2.05) is 24.3 Å². The zero-order valence-electron chi connectivity index (χ0n) is 15.5. The van der Waals surface area contributed by atoms with Gasteiger partial charge in [0.1, 0.15) is 0 Å². The molecule has 0 aromatic heterocycles. The molecule has 2 aromatic rings. The molecule has 0 radical (unpaired) electrons. The summed E-state index contributed by atoms with van der Waals surface area (Å²) in [6.45, 7) is 0.0956. The van der Waals surface area contributed by atoms with Crippen molar-refractivity contribution in [1.82, 2.24) is 4.90 Å².